The molecule has 1 aromatic heterocycles. The topological polar surface area (TPSA) is 48.7 Å². The molecule has 0 radical (unpaired) electrons. The van der Waals surface area contributed by atoms with E-state index >= 15 is 0 Å². The van der Waals surface area contributed by atoms with E-state index in [0.717, 1.165) is 17.5 Å². The fourth-order valence-corrected chi connectivity index (χ4v) is 3.01. The van der Waals surface area contributed by atoms with Gasteiger partial charge in [-0.05, 0) is 35.7 Å². The molecule has 0 spiro atoms. The molecular formula is C24H20O4. The second-order valence-corrected chi connectivity index (χ2v) is 6.42. The Morgan fingerprint density at radius 3 is 2.50 bits per heavy atom. The van der Waals surface area contributed by atoms with Gasteiger partial charge in [-0.3, -0.25) is 4.79 Å². The Morgan fingerprint density at radius 2 is 1.68 bits per heavy atom. The molecule has 0 saturated heterocycles. The highest BCUT2D eigenvalue weighted by molar-refractivity contribution is 5.79. The predicted molar refractivity (Wildman–Crippen MR) is 109 cm³/mol. The Bertz CT molecular complexity index is 1150. The SMILES string of the molecule is CCc1ccccc1Oc1coc2cc(OCc3ccccc3)ccc2c1=O. The highest BCUT2D eigenvalue weighted by Gasteiger charge is 2.12. The number of para-hydroxylation sites is 1. The smallest absolute Gasteiger partial charge is 0.235 e. The van der Waals surface area contributed by atoms with Crippen LogP contribution in [0.2, 0.25) is 0 Å². The predicted octanol–water partition coefficient (Wildman–Crippen LogP) is 5.73. The molecule has 0 bridgehead atoms. The van der Waals surface area contributed by atoms with Crippen molar-refractivity contribution in [1.82, 2.24) is 0 Å². The summed E-state index contributed by atoms with van der Waals surface area (Å²) in [4.78, 5) is 12.8. The molecule has 4 heteroatoms. The normalized spacial score (nSPS) is 10.8. The van der Waals surface area contributed by atoms with Crippen LogP contribution in [0.5, 0.6) is 17.2 Å². The van der Waals surface area contributed by atoms with Crippen molar-refractivity contribution in [1.29, 1.82) is 0 Å². The van der Waals surface area contributed by atoms with Gasteiger partial charge < -0.3 is 13.9 Å². The Kier molecular flexibility index (Phi) is 5.11. The lowest BCUT2D eigenvalue weighted by Gasteiger charge is -2.10. The molecule has 4 rings (SSSR count). The molecule has 3 aromatic carbocycles. The molecule has 0 saturated carbocycles. The number of hydrogen-bond donors (Lipinski definition) is 0. The number of benzene rings is 3. The Hall–Kier alpha value is -3.53. The van der Waals surface area contributed by atoms with Gasteiger partial charge in [-0.1, -0.05) is 55.5 Å². The van der Waals surface area contributed by atoms with Crippen LogP contribution in [0, 0.1) is 0 Å². The molecule has 140 valence electrons. The maximum atomic E-state index is 12.8. The van der Waals surface area contributed by atoms with Gasteiger partial charge >= 0.3 is 0 Å². The maximum Gasteiger partial charge on any atom is 0.235 e. The van der Waals surface area contributed by atoms with Crippen LogP contribution in [0.4, 0.5) is 0 Å². The minimum atomic E-state index is -0.207. The minimum absolute atomic E-state index is 0.173. The summed E-state index contributed by atoms with van der Waals surface area (Å²) in [6, 6.07) is 22.8. The standard InChI is InChI=1S/C24H20O4/c1-2-18-10-6-7-11-21(18)28-23-16-27-22-14-19(12-13-20(22)24(23)25)26-15-17-8-4-3-5-9-17/h3-14,16H,2,15H2,1H3. The van der Waals surface area contributed by atoms with Gasteiger partial charge in [-0.25, -0.2) is 0 Å². The highest BCUT2D eigenvalue weighted by Crippen LogP contribution is 2.26. The fraction of sp³-hybridized carbons (Fsp3) is 0.125. The number of ether oxygens (including phenoxy) is 2. The van der Waals surface area contributed by atoms with E-state index in [1.54, 1.807) is 18.2 Å². The summed E-state index contributed by atoms with van der Waals surface area (Å²) in [7, 11) is 0. The molecule has 4 nitrogen and oxygen atoms in total. The van der Waals surface area contributed by atoms with E-state index in [0.29, 0.717) is 29.1 Å². The summed E-state index contributed by atoms with van der Waals surface area (Å²) >= 11 is 0. The van der Waals surface area contributed by atoms with E-state index in [9.17, 15) is 4.79 Å². The molecule has 0 aliphatic heterocycles. The van der Waals surface area contributed by atoms with Crippen LogP contribution >= 0.6 is 0 Å². The zero-order chi connectivity index (χ0) is 19.3. The van der Waals surface area contributed by atoms with Crippen molar-refractivity contribution in [2.24, 2.45) is 0 Å². The number of rotatable bonds is 6. The first-order valence-corrected chi connectivity index (χ1v) is 9.22. The van der Waals surface area contributed by atoms with E-state index < -0.39 is 0 Å². The van der Waals surface area contributed by atoms with E-state index in [1.165, 1.54) is 6.26 Å². The Labute approximate surface area is 163 Å². The van der Waals surface area contributed by atoms with Crippen molar-refractivity contribution in [3.63, 3.8) is 0 Å². The third-order valence-corrected chi connectivity index (χ3v) is 4.54. The third kappa shape index (κ3) is 3.76. The second kappa shape index (κ2) is 8.01. The van der Waals surface area contributed by atoms with Gasteiger partial charge in [-0.15, -0.1) is 0 Å². The fourth-order valence-electron chi connectivity index (χ4n) is 3.01. The van der Waals surface area contributed by atoms with E-state index in [1.807, 2.05) is 61.5 Å². The van der Waals surface area contributed by atoms with Gasteiger partial charge in [0.1, 0.15) is 30.0 Å². The van der Waals surface area contributed by atoms with Crippen molar-refractivity contribution < 1.29 is 13.9 Å². The summed E-state index contributed by atoms with van der Waals surface area (Å²) in [6.45, 7) is 2.49. The number of fused-ring (bicyclic) bond motifs is 1. The number of hydrogen-bond acceptors (Lipinski definition) is 4. The second-order valence-electron chi connectivity index (χ2n) is 6.42. The van der Waals surface area contributed by atoms with Crippen molar-refractivity contribution >= 4 is 11.0 Å². The van der Waals surface area contributed by atoms with Crippen LogP contribution in [0.3, 0.4) is 0 Å². The first kappa shape index (κ1) is 17.9. The van der Waals surface area contributed by atoms with Crippen LogP contribution < -0.4 is 14.9 Å². The van der Waals surface area contributed by atoms with Gasteiger partial charge in [0.25, 0.3) is 0 Å². The lowest BCUT2D eigenvalue weighted by atomic mass is 10.1. The highest BCUT2D eigenvalue weighted by atomic mass is 16.5. The van der Waals surface area contributed by atoms with Gasteiger partial charge in [-0.2, -0.15) is 0 Å². The average molecular weight is 372 g/mol. The zero-order valence-electron chi connectivity index (χ0n) is 15.6. The van der Waals surface area contributed by atoms with Crippen molar-refractivity contribution in [2.45, 2.75) is 20.0 Å². The summed E-state index contributed by atoms with van der Waals surface area (Å²) < 4.78 is 17.3. The summed E-state index contributed by atoms with van der Waals surface area (Å²) in [5.41, 5.74) is 2.36. The first-order chi connectivity index (χ1) is 13.7. The molecular weight excluding hydrogens is 352 g/mol. The van der Waals surface area contributed by atoms with Gasteiger partial charge in [0.15, 0.2) is 0 Å². The maximum absolute atomic E-state index is 12.8. The molecule has 0 aliphatic rings. The van der Waals surface area contributed by atoms with Crippen LogP contribution in [-0.4, -0.2) is 0 Å². The van der Waals surface area contributed by atoms with Crippen molar-refractivity contribution in [3.05, 3.63) is 100 Å². The summed E-state index contributed by atoms with van der Waals surface area (Å²) in [5.74, 6) is 1.48. The molecule has 0 amide bonds. The molecule has 0 atom stereocenters. The lowest BCUT2D eigenvalue weighted by molar-refractivity contribution is 0.306. The third-order valence-electron chi connectivity index (χ3n) is 4.54. The molecule has 4 aromatic rings. The van der Waals surface area contributed by atoms with Gasteiger partial charge in [0, 0.05) is 6.07 Å². The Morgan fingerprint density at radius 1 is 0.893 bits per heavy atom. The van der Waals surface area contributed by atoms with Crippen LogP contribution in [-0.2, 0) is 13.0 Å². The van der Waals surface area contributed by atoms with E-state index in [-0.39, 0.29) is 11.2 Å². The number of aryl methyl sites for hydroxylation is 1. The molecule has 0 aliphatic carbocycles. The lowest BCUT2D eigenvalue weighted by Crippen LogP contribution is -2.06. The minimum Gasteiger partial charge on any atom is -0.489 e. The molecule has 0 N–H and O–H groups in total. The molecule has 28 heavy (non-hydrogen) atoms. The summed E-state index contributed by atoms with van der Waals surface area (Å²) in [5, 5.41) is 0.457. The van der Waals surface area contributed by atoms with E-state index in [2.05, 4.69) is 0 Å². The van der Waals surface area contributed by atoms with Crippen LogP contribution in [0.15, 0.2) is 88.3 Å². The van der Waals surface area contributed by atoms with Gasteiger partial charge in [0.05, 0.1) is 5.39 Å². The monoisotopic (exact) mass is 372 g/mol. The largest absolute Gasteiger partial charge is 0.489 e. The van der Waals surface area contributed by atoms with Crippen molar-refractivity contribution in [3.8, 4) is 17.2 Å². The van der Waals surface area contributed by atoms with Crippen LogP contribution in [0.1, 0.15) is 18.1 Å². The average Bonchev–Trinajstić information content (AvgIpc) is 2.75. The molecule has 1 heterocycles. The van der Waals surface area contributed by atoms with Crippen LogP contribution in [0.25, 0.3) is 11.0 Å². The quantitative estimate of drug-likeness (QED) is 0.434. The summed E-state index contributed by atoms with van der Waals surface area (Å²) in [6.07, 6.45) is 2.18. The van der Waals surface area contributed by atoms with Gasteiger partial charge in [0.2, 0.25) is 11.2 Å². The molecule has 0 unspecified atom stereocenters. The van der Waals surface area contributed by atoms with E-state index in [4.69, 9.17) is 13.9 Å². The zero-order valence-corrected chi connectivity index (χ0v) is 15.6. The first-order valence-electron chi connectivity index (χ1n) is 9.22. The van der Waals surface area contributed by atoms with Crippen molar-refractivity contribution in [2.75, 3.05) is 0 Å². The molecule has 0 fully saturated rings. The Balaban J connectivity index is 1.58.